The first-order valence-electron chi connectivity index (χ1n) is 6.89. The first-order valence-corrected chi connectivity index (χ1v) is 7.27. The fourth-order valence-electron chi connectivity index (χ4n) is 1.80. The lowest BCUT2D eigenvalue weighted by atomic mass is 10.2. The number of benzene rings is 1. The summed E-state index contributed by atoms with van der Waals surface area (Å²) < 4.78 is 10.9. The van der Waals surface area contributed by atoms with Crippen molar-refractivity contribution in [2.45, 2.75) is 13.0 Å². The summed E-state index contributed by atoms with van der Waals surface area (Å²) in [5.41, 5.74) is 1.01. The summed E-state index contributed by atoms with van der Waals surface area (Å²) in [7, 11) is 5.81. The highest BCUT2D eigenvalue weighted by atomic mass is 35.5. The van der Waals surface area contributed by atoms with Gasteiger partial charge in [0.05, 0.1) is 13.2 Å². The van der Waals surface area contributed by atoms with Crippen LogP contribution in [0.25, 0.3) is 0 Å². The largest absolute Gasteiger partial charge is 0.493 e. The van der Waals surface area contributed by atoms with Crippen LogP contribution in [0.3, 0.4) is 0 Å². The molecule has 114 valence electrons. The van der Waals surface area contributed by atoms with E-state index in [2.05, 4.69) is 24.3 Å². The Morgan fingerprint density at radius 3 is 2.75 bits per heavy atom. The standard InChI is InChI=1S/C15H25ClN2O2/c1-18(2)9-5-10-20-15-7-4-6-14(16)13(15)12-17-8-11-19-3/h4,6-7,17H,5,8-12H2,1-3H3. The topological polar surface area (TPSA) is 33.7 Å². The van der Waals surface area contributed by atoms with Crippen molar-refractivity contribution in [3.8, 4) is 5.75 Å². The minimum atomic E-state index is 0.684. The van der Waals surface area contributed by atoms with Gasteiger partial charge >= 0.3 is 0 Å². The molecule has 0 spiro atoms. The monoisotopic (exact) mass is 300 g/mol. The molecular weight excluding hydrogens is 276 g/mol. The smallest absolute Gasteiger partial charge is 0.125 e. The minimum absolute atomic E-state index is 0.684. The number of hydrogen-bond acceptors (Lipinski definition) is 4. The van der Waals surface area contributed by atoms with E-state index in [4.69, 9.17) is 21.1 Å². The van der Waals surface area contributed by atoms with Crippen molar-refractivity contribution in [2.75, 3.05) is 47.5 Å². The maximum absolute atomic E-state index is 6.25. The van der Waals surface area contributed by atoms with Gasteiger partial charge in [0, 0.05) is 37.3 Å². The Morgan fingerprint density at radius 2 is 2.05 bits per heavy atom. The number of halogens is 1. The Kier molecular flexibility index (Phi) is 8.62. The molecule has 4 nitrogen and oxygen atoms in total. The summed E-state index contributed by atoms with van der Waals surface area (Å²) >= 11 is 6.25. The Labute approximate surface area is 127 Å². The van der Waals surface area contributed by atoms with Crippen LogP contribution in [0.5, 0.6) is 5.75 Å². The number of rotatable bonds is 10. The SMILES string of the molecule is COCCNCc1c(Cl)cccc1OCCCN(C)C. The Hall–Kier alpha value is -0.810. The van der Waals surface area contributed by atoms with E-state index in [1.54, 1.807) is 7.11 Å². The molecule has 0 atom stereocenters. The van der Waals surface area contributed by atoms with Crippen molar-refractivity contribution in [1.29, 1.82) is 0 Å². The molecule has 0 radical (unpaired) electrons. The summed E-state index contributed by atoms with van der Waals surface area (Å²) in [4.78, 5) is 2.15. The molecule has 0 aliphatic rings. The van der Waals surface area contributed by atoms with Crippen molar-refractivity contribution in [3.63, 3.8) is 0 Å². The van der Waals surface area contributed by atoms with Crippen LogP contribution in [0.2, 0.25) is 5.02 Å². The Bertz CT molecular complexity index is 386. The van der Waals surface area contributed by atoms with E-state index in [1.807, 2.05) is 18.2 Å². The second-order valence-corrected chi connectivity index (χ2v) is 5.30. The molecule has 0 fully saturated rings. The molecule has 0 unspecified atom stereocenters. The summed E-state index contributed by atoms with van der Waals surface area (Å²) in [5, 5.41) is 4.03. The van der Waals surface area contributed by atoms with Gasteiger partial charge in [0.1, 0.15) is 5.75 Å². The van der Waals surface area contributed by atoms with Gasteiger partial charge < -0.3 is 19.7 Å². The average Bonchev–Trinajstić information content (AvgIpc) is 2.41. The van der Waals surface area contributed by atoms with Gasteiger partial charge in [-0.05, 0) is 32.6 Å². The predicted molar refractivity (Wildman–Crippen MR) is 83.7 cm³/mol. The minimum Gasteiger partial charge on any atom is -0.493 e. The second-order valence-electron chi connectivity index (χ2n) is 4.89. The van der Waals surface area contributed by atoms with Crippen LogP contribution in [0, 0.1) is 0 Å². The summed E-state index contributed by atoms with van der Waals surface area (Å²) in [6.45, 7) is 3.88. The Morgan fingerprint density at radius 1 is 1.25 bits per heavy atom. The highest BCUT2D eigenvalue weighted by Crippen LogP contribution is 2.26. The van der Waals surface area contributed by atoms with Gasteiger partial charge in [0.2, 0.25) is 0 Å². The number of nitrogens with zero attached hydrogens (tertiary/aromatic N) is 1. The fraction of sp³-hybridized carbons (Fsp3) is 0.600. The Balaban J connectivity index is 2.49. The normalized spacial score (nSPS) is 11.1. The molecule has 0 amide bonds. The van der Waals surface area contributed by atoms with Crippen LogP contribution >= 0.6 is 11.6 Å². The third-order valence-corrected chi connectivity index (χ3v) is 3.22. The molecular formula is C15H25ClN2O2. The van der Waals surface area contributed by atoms with Gasteiger partial charge in [-0.15, -0.1) is 0 Å². The molecule has 0 aliphatic carbocycles. The van der Waals surface area contributed by atoms with E-state index < -0.39 is 0 Å². The fourth-order valence-corrected chi connectivity index (χ4v) is 2.03. The lowest BCUT2D eigenvalue weighted by Crippen LogP contribution is -2.19. The molecule has 1 aromatic rings. The molecule has 1 rings (SSSR count). The van der Waals surface area contributed by atoms with E-state index in [9.17, 15) is 0 Å². The van der Waals surface area contributed by atoms with Crippen molar-refractivity contribution in [3.05, 3.63) is 28.8 Å². The highest BCUT2D eigenvalue weighted by Gasteiger charge is 2.08. The van der Waals surface area contributed by atoms with E-state index in [0.29, 0.717) is 19.8 Å². The lowest BCUT2D eigenvalue weighted by Gasteiger charge is -2.15. The molecule has 0 heterocycles. The molecule has 0 aliphatic heterocycles. The summed E-state index contributed by atoms with van der Waals surface area (Å²) in [6, 6.07) is 5.78. The van der Waals surface area contributed by atoms with Crippen molar-refractivity contribution < 1.29 is 9.47 Å². The zero-order chi connectivity index (χ0) is 14.8. The van der Waals surface area contributed by atoms with E-state index in [-0.39, 0.29) is 0 Å². The van der Waals surface area contributed by atoms with Crippen LogP contribution in [0.15, 0.2) is 18.2 Å². The number of ether oxygens (including phenoxy) is 2. The van der Waals surface area contributed by atoms with Gasteiger partial charge in [-0.1, -0.05) is 17.7 Å². The quantitative estimate of drug-likeness (QED) is 0.673. The zero-order valence-corrected chi connectivity index (χ0v) is 13.4. The van der Waals surface area contributed by atoms with Gasteiger partial charge in [-0.3, -0.25) is 0 Å². The van der Waals surface area contributed by atoms with Gasteiger partial charge in [-0.2, -0.15) is 0 Å². The number of nitrogens with one attached hydrogen (secondary N) is 1. The summed E-state index contributed by atoms with van der Waals surface area (Å²) in [5.74, 6) is 0.862. The molecule has 0 saturated heterocycles. The van der Waals surface area contributed by atoms with Gasteiger partial charge in [-0.25, -0.2) is 0 Å². The first-order chi connectivity index (χ1) is 9.65. The number of hydrogen-bond donors (Lipinski definition) is 1. The van der Waals surface area contributed by atoms with Crippen LogP contribution < -0.4 is 10.1 Å². The molecule has 0 aromatic heterocycles. The van der Waals surface area contributed by atoms with Crippen molar-refractivity contribution >= 4 is 11.6 Å². The third-order valence-electron chi connectivity index (χ3n) is 2.87. The number of methoxy groups -OCH3 is 1. The van der Waals surface area contributed by atoms with E-state index in [1.165, 1.54) is 0 Å². The predicted octanol–water partition coefficient (Wildman–Crippen LogP) is 2.41. The molecule has 1 aromatic carbocycles. The zero-order valence-electron chi connectivity index (χ0n) is 12.6. The van der Waals surface area contributed by atoms with E-state index >= 15 is 0 Å². The first kappa shape index (κ1) is 17.2. The van der Waals surface area contributed by atoms with Gasteiger partial charge in [0.15, 0.2) is 0 Å². The van der Waals surface area contributed by atoms with Crippen LogP contribution in [-0.4, -0.2) is 52.4 Å². The molecule has 5 heteroatoms. The van der Waals surface area contributed by atoms with Gasteiger partial charge in [0.25, 0.3) is 0 Å². The van der Waals surface area contributed by atoms with Crippen molar-refractivity contribution in [1.82, 2.24) is 10.2 Å². The lowest BCUT2D eigenvalue weighted by molar-refractivity contribution is 0.199. The van der Waals surface area contributed by atoms with Crippen LogP contribution in [-0.2, 0) is 11.3 Å². The molecule has 0 bridgehead atoms. The molecule has 20 heavy (non-hydrogen) atoms. The molecule has 1 N–H and O–H groups in total. The average molecular weight is 301 g/mol. The van der Waals surface area contributed by atoms with Crippen molar-refractivity contribution in [2.24, 2.45) is 0 Å². The summed E-state index contributed by atoms with van der Waals surface area (Å²) in [6.07, 6.45) is 0.996. The second kappa shape index (κ2) is 10.00. The van der Waals surface area contributed by atoms with Crippen LogP contribution in [0.1, 0.15) is 12.0 Å². The van der Waals surface area contributed by atoms with E-state index in [0.717, 1.165) is 35.8 Å². The maximum Gasteiger partial charge on any atom is 0.125 e. The highest BCUT2D eigenvalue weighted by molar-refractivity contribution is 6.31. The van der Waals surface area contributed by atoms with Crippen LogP contribution in [0.4, 0.5) is 0 Å². The maximum atomic E-state index is 6.25. The third kappa shape index (κ3) is 6.57. The molecule has 0 saturated carbocycles.